The van der Waals surface area contributed by atoms with Crippen LogP contribution < -0.4 is 4.74 Å². The van der Waals surface area contributed by atoms with Crippen molar-refractivity contribution < 1.29 is 4.74 Å². The number of hydrogen-bond donors (Lipinski definition) is 0. The van der Waals surface area contributed by atoms with Gasteiger partial charge in [0.1, 0.15) is 11.4 Å². The lowest BCUT2D eigenvalue weighted by Crippen LogP contribution is -1.94. The van der Waals surface area contributed by atoms with Gasteiger partial charge in [-0.15, -0.1) is 0 Å². The maximum atomic E-state index is 5.45. The van der Waals surface area contributed by atoms with E-state index in [9.17, 15) is 0 Å². The first-order valence-corrected chi connectivity index (χ1v) is 7.23. The molecule has 0 radical (unpaired) electrons. The van der Waals surface area contributed by atoms with E-state index >= 15 is 0 Å². The van der Waals surface area contributed by atoms with E-state index in [1.54, 1.807) is 7.11 Å². The summed E-state index contributed by atoms with van der Waals surface area (Å²) in [5.74, 6) is 1.35. The van der Waals surface area contributed by atoms with Crippen molar-refractivity contribution in [2.45, 2.75) is 26.7 Å². The summed E-state index contributed by atoms with van der Waals surface area (Å²) in [4.78, 5) is 4.72. The fourth-order valence-electron chi connectivity index (χ4n) is 2.63. The lowest BCUT2D eigenvalue weighted by Gasteiger charge is -2.12. The van der Waals surface area contributed by atoms with Crippen LogP contribution in [0.2, 0.25) is 0 Å². The average molecular weight is 280 g/mol. The molecule has 108 valence electrons. The minimum Gasteiger partial charge on any atom is -0.496 e. The van der Waals surface area contributed by atoms with Crippen molar-refractivity contribution in [2.75, 3.05) is 7.11 Å². The first-order valence-electron chi connectivity index (χ1n) is 7.23. The van der Waals surface area contributed by atoms with Gasteiger partial charge in [-0.25, -0.2) is 4.98 Å². The van der Waals surface area contributed by atoms with Gasteiger partial charge in [0.05, 0.1) is 12.8 Å². The Labute approximate surface area is 125 Å². The highest BCUT2D eigenvalue weighted by Gasteiger charge is 2.11. The Morgan fingerprint density at radius 2 is 1.95 bits per heavy atom. The molecule has 0 unspecified atom stereocenters. The van der Waals surface area contributed by atoms with Crippen LogP contribution in [-0.2, 0) is 0 Å². The lowest BCUT2D eigenvalue weighted by molar-refractivity contribution is 0.407. The summed E-state index contributed by atoms with van der Waals surface area (Å²) in [5.41, 5.74) is 5.50. The normalized spacial score (nSPS) is 11.3. The van der Waals surface area contributed by atoms with Crippen molar-refractivity contribution in [3.05, 3.63) is 53.9 Å². The molecule has 1 aromatic carbocycles. The number of ether oxygens (including phenoxy) is 1. The molecule has 0 atom stereocenters. The SMILES string of the molecule is COc1ccc(-c2cn3c(C)cccc3n2)cc1C(C)C. The average Bonchev–Trinajstić information content (AvgIpc) is 2.92. The largest absolute Gasteiger partial charge is 0.496 e. The molecule has 0 fully saturated rings. The molecule has 0 bridgehead atoms. The van der Waals surface area contributed by atoms with Gasteiger partial charge in [0, 0.05) is 17.5 Å². The Hall–Kier alpha value is -2.29. The first kappa shape index (κ1) is 13.7. The van der Waals surface area contributed by atoms with Crippen molar-refractivity contribution in [1.29, 1.82) is 0 Å². The van der Waals surface area contributed by atoms with Crippen molar-refractivity contribution in [3.8, 4) is 17.0 Å². The van der Waals surface area contributed by atoms with Crippen LogP contribution in [0.15, 0.2) is 42.6 Å². The standard InChI is InChI=1S/C18H20N2O/c1-12(2)15-10-14(8-9-17(15)21-4)16-11-20-13(3)6-5-7-18(20)19-16/h5-12H,1-4H3. The smallest absolute Gasteiger partial charge is 0.137 e. The van der Waals surface area contributed by atoms with Crippen LogP contribution in [0.4, 0.5) is 0 Å². The molecule has 0 N–H and O–H groups in total. The molecule has 0 spiro atoms. The second-order valence-corrected chi connectivity index (χ2v) is 5.63. The van der Waals surface area contributed by atoms with Crippen LogP contribution in [0.5, 0.6) is 5.75 Å². The number of aromatic nitrogens is 2. The van der Waals surface area contributed by atoms with Gasteiger partial charge in [-0.3, -0.25) is 0 Å². The van der Waals surface area contributed by atoms with Gasteiger partial charge in [-0.2, -0.15) is 0 Å². The summed E-state index contributed by atoms with van der Waals surface area (Å²) in [5, 5.41) is 0. The molecule has 2 aromatic heterocycles. The molecular weight excluding hydrogens is 260 g/mol. The van der Waals surface area contributed by atoms with Crippen LogP contribution in [0.1, 0.15) is 31.0 Å². The highest BCUT2D eigenvalue weighted by Crippen LogP contribution is 2.31. The number of hydrogen-bond acceptors (Lipinski definition) is 2. The Bertz CT molecular complexity index is 787. The first-order chi connectivity index (χ1) is 10.1. The van der Waals surface area contributed by atoms with Gasteiger partial charge >= 0.3 is 0 Å². The predicted octanol–water partition coefficient (Wildman–Crippen LogP) is 4.44. The molecule has 0 aliphatic carbocycles. The number of pyridine rings is 1. The highest BCUT2D eigenvalue weighted by molar-refractivity contribution is 5.65. The number of fused-ring (bicyclic) bond motifs is 1. The van der Waals surface area contributed by atoms with E-state index in [-0.39, 0.29) is 0 Å². The van der Waals surface area contributed by atoms with Gasteiger partial charge in [-0.05, 0) is 48.7 Å². The summed E-state index contributed by atoms with van der Waals surface area (Å²) < 4.78 is 7.57. The van der Waals surface area contributed by atoms with E-state index in [2.05, 4.69) is 49.6 Å². The molecule has 3 heteroatoms. The third-order valence-electron chi connectivity index (χ3n) is 3.84. The molecule has 0 saturated carbocycles. The second-order valence-electron chi connectivity index (χ2n) is 5.63. The summed E-state index contributed by atoms with van der Waals surface area (Å²) in [6.45, 7) is 6.44. The molecule has 2 heterocycles. The number of rotatable bonds is 3. The van der Waals surface area contributed by atoms with Crippen LogP contribution in [0, 0.1) is 6.92 Å². The molecule has 3 aromatic rings. The molecular formula is C18H20N2O. The van der Waals surface area contributed by atoms with E-state index in [0.29, 0.717) is 5.92 Å². The van der Waals surface area contributed by atoms with Crippen LogP contribution in [-0.4, -0.2) is 16.5 Å². The summed E-state index contributed by atoms with van der Waals surface area (Å²) >= 11 is 0. The maximum absolute atomic E-state index is 5.45. The van der Waals surface area contributed by atoms with E-state index in [4.69, 9.17) is 9.72 Å². The third-order valence-corrected chi connectivity index (χ3v) is 3.84. The van der Waals surface area contributed by atoms with Gasteiger partial charge in [0.25, 0.3) is 0 Å². The lowest BCUT2D eigenvalue weighted by atomic mass is 9.98. The fourth-order valence-corrected chi connectivity index (χ4v) is 2.63. The Balaban J connectivity index is 2.14. The Morgan fingerprint density at radius 3 is 2.62 bits per heavy atom. The number of benzene rings is 1. The molecule has 0 aliphatic rings. The second kappa shape index (κ2) is 5.24. The number of aryl methyl sites for hydroxylation is 1. The van der Waals surface area contributed by atoms with Gasteiger partial charge in [0.2, 0.25) is 0 Å². The Morgan fingerprint density at radius 1 is 1.14 bits per heavy atom. The summed E-state index contributed by atoms with van der Waals surface area (Å²) in [6, 6.07) is 12.4. The number of nitrogens with zero attached hydrogens (tertiary/aromatic N) is 2. The Kier molecular flexibility index (Phi) is 3.42. The molecule has 0 saturated heterocycles. The van der Waals surface area contributed by atoms with Crippen molar-refractivity contribution in [1.82, 2.24) is 9.38 Å². The zero-order valence-corrected chi connectivity index (χ0v) is 12.9. The van der Waals surface area contributed by atoms with Crippen LogP contribution in [0.3, 0.4) is 0 Å². The predicted molar refractivity (Wildman–Crippen MR) is 86.0 cm³/mol. The van der Waals surface area contributed by atoms with E-state index in [1.807, 2.05) is 18.2 Å². The topological polar surface area (TPSA) is 26.5 Å². The number of methoxy groups -OCH3 is 1. The van der Waals surface area contributed by atoms with Crippen molar-refractivity contribution >= 4 is 5.65 Å². The zero-order chi connectivity index (χ0) is 15.0. The third kappa shape index (κ3) is 2.40. The quantitative estimate of drug-likeness (QED) is 0.709. The highest BCUT2D eigenvalue weighted by atomic mass is 16.5. The molecule has 3 nitrogen and oxygen atoms in total. The van der Waals surface area contributed by atoms with E-state index in [0.717, 1.165) is 22.7 Å². The minimum atomic E-state index is 0.415. The summed E-state index contributed by atoms with van der Waals surface area (Å²) in [6.07, 6.45) is 2.09. The molecule has 3 rings (SSSR count). The van der Waals surface area contributed by atoms with Crippen molar-refractivity contribution in [2.24, 2.45) is 0 Å². The van der Waals surface area contributed by atoms with Crippen molar-refractivity contribution in [3.63, 3.8) is 0 Å². The van der Waals surface area contributed by atoms with Gasteiger partial charge in [0.15, 0.2) is 0 Å². The van der Waals surface area contributed by atoms with Gasteiger partial charge in [-0.1, -0.05) is 19.9 Å². The summed E-state index contributed by atoms with van der Waals surface area (Å²) in [7, 11) is 1.72. The molecule has 0 aliphatic heterocycles. The maximum Gasteiger partial charge on any atom is 0.137 e. The zero-order valence-electron chi connectivity index (χ0n) is 12.9. The number of imidazole rings is 1. The monoisotopic (exact) mass is 280 g/mol. The van der Waals surface area contributed by atoms with Gasteiger partial charge < -0.3 is 9.14 Å². The van der Waals surface area contributed by atoms with E-state index < -0.39 is 0 Å². The van der Waals surface area contributed by atoms with E-state index in [1.165, 1.54) is 11.3 Å². The molecule has 21 heavy (non-hydrogen) atoms. The minimum absolute atomic E-state index is 0.415. The fraction of sp³-hybridized carbons (Fsp3) is 0.278. The molecule has 0 amide bonds. The van der Waals surface area contributed by atoms with Crippen LogP contribution >= 0.6 is 0 Å². The van der Waals surface area contributed by atoms with Crippen LogP contribution in [0.25, 0.3) is 16.9 Å².